The van der Waals surface area contributed by atoms with Crippen molar-refractivity contribution in [2.45, 2.75) is 25.4 Å². The lowest BCUT2D eigenvalue weighted by Crippen LogP contribution is -2.50. The van der Waals surface area contributed by atoms with Crippen LogP contribution in [0.3, 0.4) is 0 Å². The zero-order valence-electron chi connectivity index (χ0n) is 27.0. The molecule has 1 aromatic heterocycles. The number of benzene rings is 3. The number of hydrogen-bond donors (Lipinski definition) is 2. The monoisotopic (exact) mass is 657 g/mol. The minimum absolute atomic E-state index is 0.230. The van der Waals surface area contributed by atoms with Crippen molar-refractivity contribution in [2.75, 3.05) is 61.0 Å². The van der Waals surface area contributed by atoms with E-state index < -0.39 is 11.6 Å². The second-order valence-electron chi connectivity index (χ2n) is 11.7. The number of hydrogen-bond acceptors (Lipinski definition) is 10. The number of hydroxylamine groups is 1. The molecule has 2 aliphatic rings. The summed E-state index contributed by atoms with van der Waals surface area (Å²) in [5.41, 5.74) is 2.60. The summed E-state index contributed by atoms with van der Waals surface area (Å²) in [6.07, 6.45) is 3.18. The fourth-order valence-electron chi connectivity index (χ4n) is 5.82. The van der Waals surface area contributed by atoms with E-state index in [1.54, 1.807) is 30.4 Å². The van der Waals surface area contributed by atoms with Crippen molar-refractivity contribution in [3.63, 3.8) is 0 Å². The van der Waals surface area contributed by atoms with Gasteiger partial charge in [-0.1, -0.05) is 12.6 Å². The second kappa shape index (κ2) is 14.2. The van der Waals surface area contributed by atoms with Gasteiger partial charge in [0.1, 0.15) is 41.0 Å². The van der Waals surface area contributed by atoms with E-state index in [0.717, 1.165) is 25.3 Å². The Hall–Kier alpha value is -5.27. The Morgan fingerprint density at radius 3 is 2.65 bits per heavy atom. The van der Waals surface area contributed by atoms with Crippen molar-refractivity contribution in [1.82, 2.24) is 14.9 Å². The van der Waals surface area contributed by atoms with Gasteiger partial charge in [-0.2, -0.15) is 0 Å². The number of carbonyl (C=O) groups excluding carboxylic acids is 1. The number of ether oxygens (including phenoxy) is 2. The van der Waals surface area contributed by atoms with Gasteiger partial charge in [0.05, 0.1) is 36.8 Å². The molecule has 13 heteroatoms. The van der Waals surface area contributed by atoms with Crippen molar-refractivity contribution < 1.29 is 27.9 Å². The summed E-state index contributed by atoms with van der Waals surface area (Å²) < 4.78 is 40.0. The maximum atomic E-state index is 14.8. The van der Waals surface area contributed by atoms with Gasteiger partial charge in [0.15, 0.2) is 5.82 Å². The lowest BCUT2D eigenvalue weighted by Gasteiger charge is -2.40. The largest absolute Gasteiger partial charge is 0.494 e. The molecule has 0 unspecified atom stereocenters. The van der Waals surface area contributed by atoms with E-state index in [2.05, 4.69) is 51.0 Å². The zero-order chi connectivity index (χ0) is 33.8. The maximum absolute atomic E-state index is 14.8. The summed E-state index contributed by atoms with van der Waals surface area (Å²) in [4.78, 5) is 31.8. The predicted molar refractivity (Wildman–Crippen MR) is 180 cm³/mol. The highest BCUT2D eigenvalue weighted by atomic mass is 19.1. The van der Waals surface area contributed by atoms with Gasteiger partial charge in [-0.15, -0.1) is 0 Å². The summed E-state index contributed by atoms with van der Waals surface area (Å²) >= 11 is 0. The highest BCUT2D eigenvalue weighted by Crippen LogP contribution is 2.41. The highest BCUT2D eigenvalue weighted by molar-refractivity contribution is 6.02. The SMILES string of the molecule is C=CC(=O)Nc1cc(Nc2cc(N3OCC[C@@H]3c3cc(F)cc(Oc4cccc(F)c4)c3)ncn2)c(OC)cc1N1CCN(C)[C@@H](C)C1. The topological polar surface area (TPSA) is 104 Å². The number of anilines is 5. The summed E-state index contributed by atoms with van der Waals surface area (Å²) in [6, 6.07) is 15.4. The third-order valence-electron chi connectivity index (χ3n) is 8.42. The Labute approximate surface area is 277 Å². The summed E-state index contributed by atoms with van der Waals surface area (Å²) in [7, 11) is 3.68. The fourth-order valence-corrected chi connectivity index (χ4v) is 5.82. The van der Waals surface area contributed by atoms with Crippen LogP contribution < -0.4 is 30.1 Å². The third kappa shape index (κ3) is 7.32. The fraction of sp³-hybridized carbons (Fsp3) is 0.286. The van der Waals surface area contributed by atoms with Crippen LogP contribution in [0.15, 0.2) is 79.6 Å². The average molecular weight is 658 g/mol. The van der Waals surface area contributed by atoms with E-state index in [0.29, 0.717) is 53.4 Å². The lowest BCUT2D eigenvalue weighted by atomic mass is 10.0. The molecule has 0 bridgehead atoms. The average Bonchev–Trinajstić information content (AvgIpc) is 3.57. The number of aromatic nitrogens is 2. The van der Waals surface area contributed by atoms with E-state index >= 15 is 0 Å². The molecule has 2 saturated heterocycles. The van der Waals surface area contributed by atoms with E-state index in [-0.39, 0.29) is 23.4 Å². The van der Waals surface area contributed by atoms with E-state index in [9.17, 15) is 13.6 Å². The van der Waals surface area contributed by atoms with Crippen molar-refractivity contribution in [3.8, 4) is 17.2 Å². The molecule has 11 nitrogen and oxygen atoms in total. The molecule has 250 valence electrons. The molecule has 3 heterocycles. The van der Waals surface area contributed by atoms with Gasteiger partial charge >= 0.3 is 0 Å². The van der Waals surface area contributed by atoms with Crippen LogP contribution in [0, 0.1) is 11.6 Å². The molecule has 2 atom stereocenters. The number of rotatable bonds is 10. The molecule has 2 aliphatic heterocycles. The first-order valence-electron chi connectivity index (χ1n) is 15.6. The number of halogens is 2. The number of methoxy groups -OCH3 is 1. The molecule has 4 aromatic rings. The van der Waals surface area contributed by atoms with Crippen LogP contribution >= 0.6 is 0 Å². The van der Waals surface area contributed by atoms with Crippen LogP contribution in [-0.2, 0) is 9.63 Å². The molecule has 0 spiro atoms. The Bertz CT molecular complexity index is 1810. The number of nitrogens with one attached hydrogen (secondary N) is 2. The van der Waals surface area contributed by atoms with E-state index in [1.807, 2.05) is 12.1 Å². The first-order chi connectivity index (χ1) is 23.2. The summed E-state index contributed by atoms with van der Waals surface area (Å²) in [6.45, 7) is 8.58. The number of carbonyl (C=O) groups is 1. The van der Waals surface area contributed by atoms with Gasteiger partial charge in [-0.05, 0) is 55.9 Å². The molecule has 6 rings (SSSR count). The lowest BCUT2D eigenvalue weighted by molar-refractivity contribution is -0.111. The molecule has 48 heavy (non-hydrogen) atoms. The van der Waals surface area contributed by atoms with Gasteiger partial charge < -0.3 is 29.9 Å². The molecule has 0 saturated carbocycles. The Morgan fingerprint density at radius 2 is 1.88 bits per heavy atom. The first kappa shape index (κ1) is 32.7. The molecule has 3 aromatic carbocycles. The summed E-state index contributed by atoms with van der Waals surface area (Å²) in [5, 5.41) is 7.85. The van der Waals surface area contributed by atoms with E-state index in [4.69, 9.17) is 14.3 Å². The quantitative estimate of drug-likeness (QED) is 0.185. The van der Waals surface area contributed by atoms with Crippen LogP contribution in [0.1, 0.15) is 24.9 Å². The number of piperazine rings is 1. The minimum atomic E-state index is -0.503. The molecule has 2 fully saturated rings. The van der Waals surface area contributed by atoms with Gasteiger partial charge in [0, 0.05) is 56.4 Å². The molecule has 1 amide bonds. The van der Waals surface area contributed by atoms with Crippen LogP contribution in [0.2, 0.25) is 0 Å². The zero-order valence-corrected chi connectivity index (χ0v) is 27.0. The van der Waals surface area contributed by atoms with Gasteiger partial charge in [0.2, 0.25) is 5.91 Å². The minimum Gasteiger partial charge on any atom is -0.494 e. The van der Waals surface area contributed by atoms with Crippen molar-refractivity contribution in [1.29, 1.82) is 0 Å². The van der Waals surface area contributed by atoms with Crippen LogP contribution in [0.5, 0.6) is 17.2 Å². The number of likely N-dealkylation sites (N-methyl/N-ethyl adjacent to an activating group) is 1. The standard InChI is InChI=1S/C35H37F2N7O4/c1-5-35(45)41-28-17-29(32(46-4)18-31(28)43-11-10-42(3)22(2)20-43)40-33-19-34(39-21-38-33)44-30(9-12-47-44)23-13-25(37)16-27(14-23)48-26-8-6-7-24(36)15-26/h5-8,13-19,21-22,30H,1,9-12,20H2,2-4H3,(H,41,45)(H,38,39,40)/t22-,30+/m0/s1. The Kier molecular flexibility index (Phi) is 9.69. The number of nitrogens with zero attached hydrogens (tertiary/aromatic N) is 5. The molecule has 0 aliphatic carbocycles. The van der Waals surface area contributed by atoms with Crippen molar-refractivity contribution in [3.05, 3.63) is 96.8 Å². The highest BCUT2D eigenvalue weighted by Gasteiger charge is 2.30. The normalized spacial score (nSPS) is 18.0. The smallest absolute Gasteiger partial charge is 0.247 e. The summed E-state index contributed by atoms with van der Waals surface area (Å²) in [5.74, 6) is 0.616. The molecular weight excluding hydrogens is 620 g/mol. The van der Waals surface area contributed by atoms with Gasteiger partial charge in [0.25, 0.3) is 0 Å². The second-order valence-corrected chi connectivity index (χ2v) is 11.7. The van der Waals surface area contributed by atoms with Crippen LogP contribution in [-0.4, -0.2) is 67.2 Å². The molecular formula is C35H37F2N7O4. The third-order valence-corrected chi connectivity index (χ3v) is 8.42. The Balaban J connectivity index is 1.27. The van der Waals surface area contributed by atoms with Crippen molar-refractivity contribution in [2.24, 2.45) is 0 Å². The molecule has 2 N–H and O–H groups in total. The first-order valence-corrected chi connectivity index (χ1v) is 15.6. The Morgan fingerprint density at radius 1 is 1.04 bits per heavy atom. The molecule has 0 radical (unpaired) electrons. The number of amides is 1. The van der Waals surface area contributed by atoms with Crippen LogP contribution in [0.4, 0.5) is 37.5 Å². The van der Waals surface area contributed by atoms with Gasteiger partial charge in [-0.3, -0.25) is 9.63 Å². The van der Waals surface area contributed by atoms with E-state index in [1.165, 1.54) is 42.7 Å². The van der Waals surface area contributed by atoms with Gasteiger partial charge in [-0.25, -0.2) is 23.8 Å². The maximum Gasteiger partial charge on any atom is 0.247 e. The predicted octanol–water partition coefficient (Wildman–Crippen LogP) is 6.45. The van der Waals surface area contributed by atoms with Crippen molar-refractivity contribution >= 4 is 34.6 Å². The van der Waals surface area contributed by atoms with Crippen LogP contribution in [0.25, 0.3) is 0 Å².